The van der Waals surface area contributed by atoms with Gasteiger partial charge in [0.05, 0.1) is 5.69 Å². The summed E-state index contributed by atoms with van der Waals surface area (Å²) in [5.41, 5.74) is 0.658. The number of aromatic nitrogens is 1. The van der Waals surface area contributed by atoms with Crippen LogP contribution in [0.4, 0.5) is 4.79 Å². The zero-order valence-electron chi connectivity index (χ0n) is 15.0. The van der Waals surface area contributed by atoms with Crippen LogP contribution in [0.5, 0.6) is 0 Å². The largest absolute Gasteiger partial charge is 0.444 e. The number of hydrogen-bond donors (Lipinski definition) is 0. The molecule has 1 saturated heterocycles. The first-order valence-corrected chi connectivity index (χ1v) is 8.39. The topological polar surface area (TPSA) is 45.7 Å². The summed E-state index contributed by atoms with van der Waals surface area (Å²) in [6.45, 7) is 9.83. The summed E-state index contributed by atoms with van der Waals surface area (Å²) in [4.78, 5) is 20.8. The minimum Gasteiger partial charge on any atom is -0.444 e. The van der Waals surface area contributed by atoms with Crippen LogP contribution >= 0.6 is 0 Å². The van der Waals surface area contributed by atoms with Crippen molar-refractivity contribution in [2.45, 2.75) is 58.2 Å². The van der Waals surface area contributed by atoms with Gasteiger partial charge in [-0.05, 0) is 52.7 Å². The molecule has 0 bridgehead atoms. The first kappa shape index (κ1) is 17.7. The van der Waals surface area contributed by atoms with E-state index in [1.807, 2.05) is 46.1 Å². The number of carbonyl (C=O) groups excluding carboxylic acids is 1. The third-order valence-electron chi connectivity index (χ3n) is 4.39. The first-order chi connectivity index (χ1) is 10.8. The number of nitrogens with zero attached hydrogens (tertiary/aromatic N) is 3. The van der Waals surface area contributed by atoms with E-state index in [0.717, 1.165) is 31.6 Å². The number of carbonyl (C=O) groups is 1. The average Bonchev–Trinajstić information content (AvgIpc) is 2.53. The predicted octanol–water partition coefficient (Wildman–Crippen LogP) is 3.47. The lowest BCUT2D eigenvalue weighted by Gasteiger charge is -2.39. The summed E-state index contributed by atoms with van der Waals surface area (Å²) < 4.78 is 5.46. The fourth-order valence-corrected chi connectivity index (χ4v) is 2.95. The fraction of sp³-hybridized carbons (Fsp3) is 0.667. The molecule has 0 unspecified atom stereocenters. The van der Waals surface area contributed by atoms with Gasteiger partial charge >= 0.3 is 6.09 Å². The summed E-state index contributed by atoms with van der Waals surface area (Å²) in [7, 11) is 1.84. The maximum Gasteiger partial charge on any atom is 0.410 e. The maximum absolute atomic E-state index is 12.2. The van der Waals surface area contributed by atoms with Gasteiger partial charge in [-0.15, -0.1) is 0 Å². The Bertz CT molecular complexity index is 505. The van der Waals surface area contributed by atoms with E-state index in [9.17, 15) is 4.79 Å². The van der Waals surface area contributed by atoms with Crippen LogP contribution in [0, 0.1) is 0 Å². The molecular weight excluding hydrogens is 290 g/mol. The Morgan fingerprint density at radius 1 is 1.35 bits per heavy atom. The molecule has 0 aliphatic carbocycles. The molecule has 128 valence electrons. The van der Waals surface area contributed by atoms with Crippen molar-refractivity contribution in [3.63, 3.8) is 0 Å². The van der Waals surface area contributed by atoms with Crippen molar-refractivity contribution in [1.82, 2.24) is 14.8 Å². The second-order valence-electron chi connectivity index (χ2n) is 7.29. The summed E-state index contributed by atoms with van der Waals surface area (Å²) in [5, 5.41) is 0. The highest BCUT2D eigenvalue weighted by molar-refractivity contribution is 5.68. The van der Waals surface area contributed by atoms with Gasteiger partial charge in [-0.3, -0.25) is 9.88 Å². The number of ether oxygens (including phenoxy) is 1. The number of rotatable bonds is 3. The van der Waals surface area contributed by atoms with E-state index >= 15 is 0 Å². The third kappa shape index (κ3) is 4.93. The minimum atomic E-state index is -0.445. The molecule has 1 aliphatic rings. The van der Waals surface area contributed by atoms with Crippen LogP contribution in [0.2, 0.25) is 0 Å². The standard InChI is InChI=1S/C18H29N3O2/c1-14(16-8-6-7-11-19-16)21-12-9-15(10-13-21)20(5)17(22)23-18(2,3)4/h6-8,11,14-15H,9-10,12-13H2,1-5H3/t14-/m0/s1. The molecule has 1 fully saturated rings. The van der Waals surface area contributed by atoms with Crippen LogP contribution in [-0.4, -0.2) is 52.7 Å². The molecule has 1 atom stereocenters. The lowest BCUT2D eigenvalue weighted by molar-refractivity contribution is 0.0132. The van der Waals surface area contributed by atoms with E-state index in [2.05, 4.69) is 22.9 Å². The highest BCUT2D eigenvalue weighted by atomic mass is 16.6. The molecule has 1 aromatic rings. The van der Waals surface area contributed by atoms with E-state index in [-0.39, 0.29) is 12.1 Å². The Balaban J connectivity index is 1.87. The van der Waals surface area contributed by atoms with Crippen molar-refractivity contribution in [2.75, 3.05) is 20.1 Å². The van der Waals surface area contributed by atoms with E-state index in [0.29, 0.717) is 6.04 Å². The lowest BCUT2D eigenvalue weighted by Crippen LogP contribution is -2.47. The van der Waals surface area contributed by atoms with Crippen molar-refractivity contribution in [1.29, 1.82) is 0 Å². The van der Waals surface area contributed by atoms with Crippen LogP contribution in [0.25, 0.3) is 0 Å². The molecule has 0 N–H and O–H groups in total. The van der Waals surface area contributed by atoms with Crippen LogP contribution in [0.3, 0.4) is 0 Å². The van der Waals surface area contributed by atoms with E-state index < -0.39 is 5.60 Å². The van der Waals surface area contributed by atoms with Crippen molar-refractivity contribution < 1.29 is 9.53 Å². The Hall–Kier alpha value is -1.62. The maximum atomic E-state index is 12.2. The number of amides is 1. The molecule has 5 heteroatoms. The van der Waals surface area contributed by atoms with Crippen LogP contribution in [0.15, 0.2) is 24.4 Å². The Morgan fingerprint density at radius 2 is 2.00 bits per heavy atom. The van der Waals surface area contributed by atoms with Crippen molar-refractivity contribution in [2.24, 2.45) is 0 Å². The highest BCUT2D eigenvalue weighted by Crippen LogP contribution is 2.25. The zero-order chi connectivity index (χ0) is 17.0. The number of likely N-dealkylation sites (tertiary alicyclic amines) is 1. The van der Waals surface area contributed by atoms with Crippen molar-refractivity contribution in [3.8, 4) is 0 Å². The average molecular weight is 319 g/mol. The molecule has 1 aliphatic heterocycles. The third-order valence-corrected chi connectivity index (χ3v) is 4.39. The van der Waals surface area contributed by atoms with Gasteiger partial charge in [0.1, 0.15) is 5.60 Å². The molecule has 23 heavy (non-hydrogen) atoms. The van der Waals surface area contributed by atoms with Crippen LogP contribution < -0.4 is 0 Å². The van der Waals surface area contributed by atoms with E-state index in [1.165, 1.54) is 0 Å². The van der Waals surface area contributed by atoms with Crippen molar-refractivity contribution >= 4 is 6.09 Å². The van der Waals surface area contributed by atoms with Gasteiger partial charge in [0.2, 0.25) is 0 Å². The van der Waals surface area contributed by atoms with Crippen molar-refractivity contribution in [3.05, 3.63) is 30.1 Å². The zero-order valence-corrected chi connectivity index (χ0v) is 15.0. The van der Waals surface area contributed by atoms with Gasteiger partial charge in [0.15, 0.2) is 0 Å². The Labute approximate surface area is 139 Å². The quantitative estimate of drug-likeness (QED) is 0.856. The summed E-state index contributed by atoms with van der Waals surface area (Å²) in [5.74, 6) is 0. The molecule has 2 heterocycles. The summed E-state index contributed by atoms with van der Waals surface area (Å²) >= 11 is 0. The summed E-state index contributed by atoms with van der Waals surface area (Å²) in [6.07, 6.45) is 3.54. The van der Waals surface area contributed by atoms with Gasteiger partial charge in [0.25, 0.3) is 0 Å². The Morgan fingerprint density at radius 3 is 2.52 bits per heavy atom. The van der Waals surface area contributed by atoms with Gasteiger partial charge in [-0.2, -0.15) is 0 Å². The fourth-order valence-electron chi connectivity index (χ4n) is 2.95. The van der Waals surface area contributed by atoms with Gasteiger partial charge in [-0.25, -0.2) is 4.79 Å². The smallest absolute Gasteiger partial charge is 0.410 e. The van der Waals surface area contributed by atoms with Gasteiger partial charge < -0.3 is 9.64 Å². The molecule has 0 aromatic carbocycles. The molecule has 1 amide bonds. The number of piperidine rings is 1. The lowest BCUT2D eigenvalue weighted by atomic mass is 10.0. The molecular formula is C18H29N3O2. The molecule has 0 saturated carbocycles. The monoisotopic (exact) mass is 319 g/mol. The SMILES string of the molecule is C[C@@H](c1ccccn1)N1CCC(N(C)C(=O)OC(C)(C)C)CC1. The van der Waals surface area contributed by atoms with E-state index in [1.54, 1.807) is 4.90 Å². The second-order valence-corrected chi connectivity index (χ2v) is 7.29. The predicted molar refractivity (Wildman–Crippen MR) is 91.2 cm³/mol. The van der Waals surface area contributed by atoms with Crippen LogP contribution in [-0.2, 0) is 4.74 Å². The Kier molecular flexibility index (Phi) is 5.63. The highest BCUT2D eigenvalue weighted by Gasteiger charge is 2.30. The van der Waals surface area contributed by atoms with Crippen LogP contribution in [0.1, 0.15) is 52.3 Å². The summed E-state index contributed by atoms with van der Waals surface area (Å²) in [6, 6.07) is 6.60. The van der Waals surface area contributed by atoms with Gasteiger partial charge in [-0.1, -0.05) is 6.07 Å². The molecule has 0 radical (unpaired) electrons. The number of hydrogen-bond acceptors (Lipinski definition) is 4. The first-order valence-electron chi connectivity index (χ1n) is 8.39. The normalized spacial score (nSPS) is 18.5. The van der Waals surface area contributed by atoms with Gasteiger partial charge in [0, 0.05) is 38.4 Å². The van der Waals surface area contributed by atoms with E-state index in [4.69, 9.17) is 4.74 Å². The molecule has 1 aromatic heterocycles. The molecule has 5 nitrogen and oxygen atoms in total. The molecule has 2 rings (SSSR count). The molecule has 0 spiro atoms. The number of pyridine rings is 1. The second kappa shape index (κ2) is 7.30. The minimum absolute atomic E-state index is 0.228.